The standard InChI is InChI=1S/C14H14FNO3/c1-4-19-12-7-11(14(17)18-3)16-13-9(12)5-8(2)6-10(13)15/h5-7H,4H2,1-3H3. The number of nitrogens with zero attached hydrogens (tertiary/aromatic N) is 1. The zero-order valence-electron chi connectivity index (χ0n) is 11.0. The maximum atomic E-state index is 13.9. The number of carbonyl (C=O) groups excluding carboxylic acids is 1. The Hall–Kier alpha value is -2.17. The minimum atomic E-state index is -0.622. The first-order valence-corrected chi connectivity index (χ1v) is 5.88. The number of benzene rings is 1. The molecule has 1 aromatic heterocycles. The largest absolute Gasteiger partial charge is 0.493 e. The first-order valence-electron chi connectivity index (χ1n) is 5.88. The highest BCUT2D eigenvalue weighted by Gasteiger charge is 2.16. The molecule has 0 saturated carbocycles. The Balaban J connectivity index is 2.75. The highest BCUT2D eigenvalue weighted by Crippen LogP contribution is 2.28. The lowest BCUT2D eigenvalue weighted by atomic mass is 10.1. The fourth-order valence-electron chi connectivity index (χ4n) is 1.87. The molecular formula is C14H14FNO3. The summed E-state index contributed by atoms with van der Waals surface area (Å²) in [6.07, 6.45) is 0. The lowest BCUT2D eigenvalue weighted by Crippen LogP contribution is -2.06. The van der Waals surface area contributed by atoms with Crippen molar-refractivity contribution in [2.45, 2.75) is 13.8 Å². The van der Waals surface area contributed by atoms with Crippen LogP contribution in [0.1, 0.15) is 23.0 Å². The number of aryl methyl sites for hydroxylation is 1. The van der Waals surface area contributed by atoms with Crippen LogP contribution in [0.4, 0.5) is 4.39 Å². The van der Waals surface area contributed by atoms with E-state index in [2.05, 4.69) is 9.72 Å². The van der Waals surface area contributed by atoms with Crippen LogP contribution in [0.15, 0.2) is 18.2 Å². The van der Waals surface area contributed by atoms with Crippen molar-refractivity contribution >= 4 is 16.9 Å². The number of hydrogen-bond acceptors (Lipinski definition) is 4. The molecule has 0 radical (unpaired) electrons. The van der Waals surface area contributed by atoms with Crippen LogP contribution >= 0.6 is 0 Å². The Morgan fingerprint density at radius 2 is 2.11 bits per heavy atom. The van der Waals surface area contributed by atoms with Gasteiger partial charge in [0, 0.05) is 11.5 Å². The van der Waals surface area contributed by atoms with Crippen molar-refractivity contribution in [1.29, 1.82) is 0 Å². The predicted molar refractivity (Wildman–Crippen MR) is 68.9 cm³/mol. The second-order valence-corrected chi connectivity index (χ2v) is 4.07. The van der Waals surface area contributed by atoms with E-state index in [0.29, 0.717) is 17.7 Å². The number of rotatable bonds is 3. The normalized spacial score (nSPS) is 10.5. The third kappa shape index (κ3) is 2.50. The van der Waals surface area contributed by atoms with Crippen molar-refractivity contribution in [2.24, 2.45) is 0 Å². The summed E-state index contributed by atoms with van der Waals surface area (Å²) in [5, 5.41) is 0.548. The molecular weight excluding hydrogens is 249 g/mol. The molecule has 0 spiro atoms. The highest BCUT2D eigenvalue weighted by molar-refractivity contribution is 5.94. The van der Waals surface area contributed by atoms with Gasteiger partial charge < -0.3 is 9.47 Å². The lowest BCUT2D eigenvalue weighted by Gasteiger charge is -2.10. The van der Waals surface area contributed by atoms with Gasteiger partial charge >= 0.3 is 5.97 Å². The Morgan fingerprint density at radius 3 is 2.74 bits per heavy atom. The summed E-state index contributed by atoms with van der Waals surface area (Å²) < 4.78 is 24.0. The highest BCUT2D eigenvalue weighted by atomic mass is 19.1. The fourth-order valence-corrected chi connectivity index (χ4v) is 1.87. The van der Waals surface area contributed by atoms with Crippen molar-refractivity contribution < 1.29 is 18.7 Å². The van der Waals surface area contributed by atoms with Crippen molar-refractivity contribution in [3.8, 4) is 5.75 Å². The van der Waals surface area contributed by atoms with E-state index in [1.54, 1.807) is 13.0 Å². The molecule has 4 nitrogen and oxygen atoms in total. The zero-order chi connectivity index (χ0) is 14.0. The topological polar surface area (TPSA) is 48.4 Å². The molecule has 0 N–H and O–H groups in total. The number of halogens is 1. The third-order valence-corrected chi connectivity index (χ3v) is 2.67. The molecule has 0 aliphatic rings. The van der Waals surface area contributed by atoms with E-state index in [4.69, 9.17) is 4.74 Å². The summed E-state index contributed by atoms with van der Waals surface area (Å²) in [7, 11) is 1.25. The van der Waals surface area contributed by atoms with E-state index in [1.165, 1.54) is 19.2 Å². The van der Waals surface area contributed by atoms with Crippen LogP contribution in [0.3, 0.4) is 0 Å². The Morgan fingerprint density at radius 1 is 1.37 bits per heavy atom. The number of fused-ring (bicyclic) bond motifs is 1. The summed E-state index contributed by atoms with van der Waals surface area (Å²) in [6, 6.07) is 4.61. The molecule has 0 saturated heterocycles. The number of carbonyl (C=O) groups is 1. The molecule has 19 heavy (non-hydrogen) atoms. The Labute approximate surface area is 110 Å². The second kappa shape index (κ2) is 5.22. The number of aromatic nitrogens is 1. The molecule has 5 heteroatoms. The van der Waals surface area contributed by atoms with Gasteiger partial charge in [-0.3, -0.25) is 0 Å². The van der Waals surface area contributed by atoms with Crippen LogP contribution in [0.25, 0.3) is 10.9 Å². The first kappa shape index (κ1) is 13.3. The summed E-state index contributed by atoms with van der Waals surface area (Å²) in [5.74, 6) is -0.681. The molecule has 1 aromatic carbocycles. The summed E-state index contributed by atoms with van der Waals surface area (Å²) in [6.45, 7) is 4.01. The van der Waals surface area contributed by atoms with Crippen molar-refractivity contribution in [1.82, 2.24) is 4.98 Å². The average molecular weight is 263 g/mol. The van der Waals surface area contributed by atoms with Gasteiger partial charge in [-0.2, -0.15) is 0 Å². The number of methoxy groups -OCH3 is 1. The van der Waals surface area contributed by atoms with E-state index < -0.39 is 11.8 Å². The summed E-state index contributed by atoms with van der Waals surface area (Å²) in [4.78, 5) is 15.5. The van der Waals surface area contributed by atoms with Gasteiger partial charge in [-0.15, -0.1) is 0 Å². The van der Waals surface area contributed by atoms with Gasteiger partial charge in [-0.25, -0.2) is 14.2 Å². The smallest absolute Gasteiger partial charge is 0.356 e. The Bertz CT molecular complexity index is 640. The fraction of sp³-hybridized carbons (Fsp3) is 0.286. The van der Waals surface area contributed by atoms with E-state index in [-0.39, 0.29) is 11.2 Å². The minimum absolute atomic E-state index is 0.0289. The maximum Gasteiger partial charge on any atom is 0.356 e. The van der Waals surface area contributed by atoms with Crippen molar-refractivity contribution in [3.05, 3.63) is 35.3 Å². The SMILES string of the molecule is CCOc1cc(C(=O)OC)nc2c(F)cc(C)cc12. The minimum Gasteiger partial charge on any atom is -0.493 e. The molecule has 0 fully saturated rings. The quantitative estimate of drug-likeness (QED) is 0.799. The zero-order valence-corrected chi connectivity index (χ0v) is 11.0. The van der Waals surface area contributed by atoms with Crippen molar-refractivity contribution in [3.63, 3.8) is 0 Å². The molecule has 0 amide bonds. The first-order chi connectivity index (χ1) is 9.06. The summed E-state index contributed by atoms with van der Waals surface area (Å²) >= 11 is 0. The van der Waals surface area contributed by atoms with Crippen molar-refractivity contribution in [2.75, 3.05) is 13.7 Å². The summed E-state index contributed by atoms with van der Waals surface area (Å²) in [5.41, 5.74) is 0.900. The van der Waals surface area contributed by atoms with Gasteiger partial charge in [0.25, 0.3) is 0 Å². The molecule has 0 unspecified atom stereocenters. The molecule has 0 aliphatic carbocycles. The molecule has 0 aliphatic heterocycles. The number of esters is 1. The van der Waals surface area contributed by atoms with Crippen LogP contribution in [0.2, 0.25) is 0 Å². The van der Waals surface area contributed by atoms with Gasteiger partial charge in [-0.05, 0) is 31.5 Å². The van der Waals surface area contributed by atoms with E-state index >= 15 is 0 Å². The number of ether oxygens (including phenoxy) is 2. The van der Waals surface area contributed by atoms with Gasteiger partial charge in [0.1, 0.15) is 17.1 Å². The molecule has 100 valence electrons. The maximum absolute atomic E-state index is 13.9. The number of pyridine rings is 1. The van der Waals surface area contributed by atoms with E-state index in [1.807, 2.05) is 6.92 Å². The van der Waals surface area contributed by atoms with Gasteiger partial charge in [0.2, 0.25) is 0 Å². The third-order valence-electron chi connectivity index (χ3n) is 2.67. The van der Waals surface area contributed by atoms with Gasteiger partial charge in [0.05, 0.1) is 13.7 Å². The molecule has 1 heterocycles. The molecule has 2 aromatic rings. The average Bonchev–Trinajstić information content (AvgIpc) is 2.38. The number of hydrogen-bond donors (Lipinski definition) is 0. The van der Waals surface area contributed by atoms with Crippen LogP contribution in [0.5, 0.6) is 5.75 Å². The molecule has 2 rings (SSSR count). The second-order valence-electron chi connectivity index (χ2n) is 4.07. The van der Waals surface area contributed by atoms with Gasteiger partial charge in [0.15, 0.2) is 5.69 Å². The van der Waals surface area contributed by atoms with Crippen LogP contribution in [-0.2, 0) is 4.74 Å². The predicted octanol–water partition coefficient (Wildman–Crippen LogP) is 2.87. The molecule has 0 bridgehead atoms. The monoisotopic (exact) mass is 263 g/mol. The molecule has 0 atom stereocenters. The van der Waals surface area contributed by atoms with Gasteiger partial charge in [-0.1, -0.05) is 0 Å². The van der Waals surface area contributed by atoms with E-state index in [0.717, 1.165) is 5.56 Å². The van der Waals surface area contributed by atoms with Crippen LogP contribution in [0, 0.1) is 12.7 Å². The lowest BCUT2D eigenvalue weighted by molar-refractivity contribution is 0.0594. The Kier molecular flexibility index (Phi) is 3.64. The van der Waals surface area contributed by atoms with Crippen LogP contribution in [-0.4, -0.2) is 24.7 Å². The van der Waals surface area contributed by atoms with Crippen LogP contribution < -0.4 is 4.74 Å². The van der Waals surface area contributed by atoms with E-state index in [9.17, 15) is 9.18 Å².